The van der Waals surface area contributed by atoms with E-state index in [9.17, 15) is 5.11 Å². The molecule has 4 atom stereocenters. The number of fused-ring (bicyclic) bond motifs is 3. The molecule has 1 unspecified atom stereocenters. The maximum atomic E-state index is 9.87. The first-order valence-electron chi connectivity index (χ1n) is 5.37. The summed E-state index contributed by atoms with van der Waals surface area (Å²) in [5.41, 5.74) is 0.841. The number of aliphatic hydroxyl groups excluding tert-OH is 2. The van der Waals surface area contributed by atoms with E-state index in [4.69, 9.17) is 20.0 Å². The Labute approximate surface area is 96.8 Å². The summed E-state index contributed by atoms with van der Waals surface area (Å²) in [6.45, 7) is 1.52. The standard InChI is InChI=1S/C10H13N3O4/c1-4-2-13-9-7(6(15)5(3-14)16-9)17-10(13)12-8(4)11/h2,5-7,9,11,14-15H,3H2,1H3/t5-,6+,7?,9-/m1/s1. The van der Waals surface area contributed by atoms with Crippen molar-refractivity contribution in [2.75, 3.05) is 6.61 Å². The Hall–Kier alpha value is -1.44. The highest BCUT2D eigenvalue weighted by Gasteiger charge is 2.50. The number of aryl methyl sites for hydroxylation is 1. The lowest BCUT2D eigenvalue weighted by atomic mass is 10.1. The number of nitrogens with zero attached hydrogens (tertiary/aromatic N) is 2. The number of aliphatic hydroxyl groups is 2. The quantitative estimate of drug-likeness (QED) is 0.564. The average molecular weight is 239 g/mol. The monoisotopic (exact) mass is 239 g/mol. The Bertz CT molecular complexity index is 515. The summed E-state index contributed by atoms with van der Waals surface area (Å²) >= 11 is 0. The van der Waals surface area contributed by atoms with E-state index in [1.807, 2.05) is 0 Å². The van der Waals surface area contributed by atoms with Gasteiger partial charge < -0.3 is 19.7 Å². The summed E-state index contributed by atoms with van der Waals surface area (Å²) in [5, 5.41) is 26.5. The van der Waals surface area contributed by atoms with E-state index in [2.05, 4.69) is 4.98 Å². The van der Waals surface area contributed by atoms with Crippen LogP contribution in [0.15, 0.2) is 6.20 Å². The number of hydrogen-bond acceptors (Lipinski definition) is 6. The molecule has 92 valence electrons. The van der Waals surface area contributed by atoms with Gasteiger partial charge in [-0.2, -0.15) is 4.98 Å². The van der Waals surface area contributed by atoms with Crippen LogP contribution in [0.25, 0.3) is 0 Å². The summed E-state index contributed by atoms with van der Waals surface area (Å²) < 4.78 is 12.6. The Morgan fingerprint density at radius 3 is 3.06 bits per heavy atom. The first-order valence-corrected chi connectivity index (χ1v) is 5.37. The van der Waals surface area contributed by atoms with Gasteiger partial charge in [0.05, 0.1) is 6.61 Å². The molecule has 0 amide bonds. The molecule has 2 aliphatic rings. The minimum atomic E-state index is -0.888. The Morgan fingerprint density at radius 2 is 2.35 bits per heavy atom. The zero-order valence-corrected chi connectivity index (χ0v) is 9.20. The van der Waals surface area contributed by atoms with Crippen molar-refractivity contribution in [2.45, 2.75) is 31.5 Å². The molecule has 0 saturated carbocycles. The van der Waals surface area contributed by atoms with E-state index in [1.165, 1.54) is 0 Å². The molecule has 1 fully saturated rings. The maximum Gasteiger partial charge on any atom is 0.301 e. The lowest BCUT2D eigenvalue weighted by Crippen LogP contribution is -2.34. The highest BCUT2D eigenvalue weighted by Crippen LogP contribution is 2.38. The maximum absolute atomic E-state index is 9.87. The van der Waals surface area contributed by atoms with E-state index in [1.54, 1.807) is 17.7 Å². The Balaban J connectivity index is 2.02. The van der Waals surface area contributed by atoms with E-state index in [0.717, 1.165) is 0 Å². The predicted molar refractivity (Wildman–Crippen MR) is 54.2 cm³/mol. The molecule has 0 radical (unpaired) electrons. The molecule has 7 nitrogen and oxygen atoms in total. The van der Waals surface area contributed by atoms with Crippen LogP contribution in [0.3, 0.4) is 0 Å². The summed E-state index contributed by atoms with van der Waals surface area (Å²) in [5.74, 6) is 0. The van der Waals surface area contributed by atoms with Gasteiger partial charge in [0.1, 0.15) is 12.2 Å². The van der Waals surface area contributed by atoms with Crippen molar-refractivity contribution in [3.05, 3.63) is 17.2 Å². The van der Waals surface area contributed by atoms with Gasteiger partial charge in [-0.05, 0) is 6.92 Å². The van der Waals surface area contributed by atoms with Gasteiger partial charge in [-0.25, -0.2) is 0 Å². The molecule has 7 heteroatoms. The minimum Gasteiger partial charge on any atom is -0.454 e. The highest BCUT2D eigenvalue weighted by atomic mass is 16.6. The van der Waals surface area contributed by atoms with E-state index < -0.39 is 24.5 Å². The van der Waals surface area contributed by atoms with Crippen molar-refractivity contribution in [1.29, 1.82) is 5.41 Å². The van der Waals surface area contributed by atoms with E-state index >= 15 is 0 Å². The number of hydrogen-bond donors (Lipinski definition) is 3. The third-order valence-corrected chi connectivity index (χ3v) is 3.14. The third kappa shape index (κ3) is 1.40. The number of aromatic nitrogens is 2. The second-order valence-corrected chi connectivity index (χ2v) is 4.28. The number of nitrogens with one attached hydrogen (secondary N) is 1. The molecule has 0 aliphatic carbocycles. The summed E-state index contributed by atoms with van der Waals surface area (Å²) in [4.78, 5) is 3.97. The molecule has 3 heterocycles. The normalized spacial score (nSPS) is 34.3. The zero-order valence-electron chi connectivity index (χ0n) is 9.20. The van der Waals surface area contributed by atoms with Gasteiger partial charge >= 0.3 is 6.01 Å². The van der Waals surface area contributed by atoms with Gasteiger partial charge in [0.2, 0.25) is 0 Å². The summed E-state index contributed by atoms with van der Waals surface area (Å²) in [6.07, 6.45) is -0.866. The van der Waals surface area contributed by atoms with E-state index in [-0.39, 0.29) is 18.1 Å². The van der Waals surface area contributed by atoms with Crippen LogP contribution in [0, 0.1) is 12.3 Å². The largest absolute Gasteiger partial charge is 0.454 e. The van der Waals surface area contributed by atoms with Crippen LogP contribution in [-0.4, -0.2) is 44.7 Å². The highest BCUT2D eigenvalue weighted by molar-refractivity contribution is 5.14. The van der Waals surface area contributed by atoms with Crippen molar-refractivity contribution in [3.63, 3.8) is 0 Å². The van der Waals surface area contributed by atoms with Crippen LogP contribution in [0.5, 0.6) is 6.01 Å². The lowest BCUT2D eigenvalue weighted by Gasteiger charge is -2.14. The second kappa shape index (κ2) is 3.52. The molecular weight excluding hydrogens is 226 g/mol. The van der Waals surface area contributed by atoms with Crippen molar-refractivity contribution in [1.82, 2.24) is 9.55 Å². The van der Waals surface area contributed by atoms with Gasteiger partial charge in [-0.15, -0.1) is 0 Å². The van der Waals surface area contributed by atoms with Crippen molar-refractivity contribution in [3.8, 4) is 6.01 Å². The Morgan fingerprint density at radius 1 is 1.59 bits per heavy atom. The second-order valence-electron chi connectivity index (χ2n) is 4.28. The van der Waals surface area contributed by atoms with Crippen molar-refractivity contribution >= 4 is 0 Å². The molecule has 0 aromatic carbocycles. The summed E-state index contributed by atoms with van der Waals surface area (Å²) in [7, 11) is 0. The van der Waals surface area contributed by atoms with Crippen molar-refractivity contribution in [2.24, 2.45) is 0 Å². The summed E-state index contributed by atoms with van der Waals surface area (Å²) in [6, 6.07) is 0.269. The number of ether oxygens (including phenoxy) is 2. The van der Waals surface area contributed by atoms with Crippen molar-refractivity contribution < 1.29 is 19.7 Å². The molecule has 2 aliphatic heterocycles. The van der Waals surface area contributed by atoms with Crippen LogP contribution < -0.4 is 10.2 Å². The van der Waals surface area contributed by atoms with Crippen LogP contribution in [-0.2, 0) is 4.74 Å². The molecule has 0 spiro atoms. The molecule has 3 rings (SSSR count). The smallest absolute Gasteiger partial charge is 0.301 e. The zero-order chi connectivity index (χ0) is 12.2. The van der Waals surface area contributed by atoms with Gasteiger partial charge in [-0.3, -0.25) is 9.98 Å². The van der Waals surface area contributed by atoms with Gasteiger partial charge in [-0.1, -0.05) is 0 Å². The van der Waals surface area contributed by atoms with Crippen LogP contribution in [0.2, 0.25) is 0 Å². The predicted octanol–water partition coefficient (Wildman–Crippen LogP) is -1.32. The third-order valence-electron chi connectivity index (χ3n) is 3.14. The first-order chi connectivity index (χ1) is 8.11. The fraction of sp³-hybridized carbons (Fsp3) is 0.600. The SMILES string of the molecule is Cc1cn2c(nc1=N)OC1[C@@H](O)[C@@H](CO)O[C@H]12. The Kier molecular flexibility index (Phi) is 2.22. The topological polar surface area (TPSA) is 101 Å². The van der Waals surface area contributed by atoms with Gasteiger partial charge in [0, 0.05) is 11.8 Å². The molecule has 0 bridgehead atoms. The van der Waals surface area contributed by atoms with Gasteiger partial charge in [0.15, 0.2) is 17.8 Å². The lowest BCUT2D eigenvalue weighted by molar-refractivity contribution is -0.0435. The molecule has 17 heavy (non-hydrogen) atoms. The van der Waals surface area contributed by atoms with Gasteiger partial charge in [0.25, 0.3) is 0 Å². The number of rotatable bonds is 1. The fourth-order valence-corrected chi connectivity index (χ4v) is 2.18. The molecular formula is C10H13N3O4. The fourth-order valence-electron chi connectivity index (χ4n) is 2.18. The molecule has 1 aromatic heterocycles. The average Bonchev–Trinajstić information content (AvgIpc) is 2.78. The van der Waals surface area contributed by atoms with Crippen LogP contribution in [0.1, 0.15) is 11.8 Å². The van der Waals surface area contributed by atoms with E-state index in [0.29, 0.717) is 5.56 Å². The minimum absolute atomic E-state index is 0.143. The molecule has 1 saturated heterocycles. The molecule has 3 N–H and O–H groups in total. The first kappa shape index (κ1) is 10.7. The molecule has 1 aromatic rings. The van der Waals surface area contributed by atoms with Crippen LogP contribution >= 0.6 is 0 Å². The van der Waals surface area contributed by atoms with Crippen LogP contribution in [0.4, 0.5) is 0 Å².